The molecule has 3 rings (SSSR count). The summed E-state index contributed by atoms with van der Waals surface area (Å²) < 4.78 is 5.40. The molecule has 6 heteroatoms. The molecular formula is C22H25N3O3. The molecule has 0 bridgehead atoms. The van der Waals surface area contributed by atoms with Gasteiger partial charge in [-0.3, -0.25) is 4.79 Å². The maximum absolute atomic E-state index is 12.9. The number of benzene rings is 2. The van der Waals surface area contributed by atoms with Crippen LogP contribution in [0.25, 0.3) is 15.6 Å². The van der Waals surface area contributed by atoms with Gasteiger partial charge in [-0.05, 0) is 49.7 Å². The molecule has 0 aliphatic carbocycles. The van der Waals surface area contributed by atoms with Gasteiger partial charge in [-0.1, -0.05) is 18.2 Å². The zero-order chi connectivity index (χ0) is 20.3. The highest BCUT2D eigenvalue weighted by atomic mass is 16.6. The lowest BCUT2D eigenvalue weighted by molar-refractivity contribution is 0.0141. The summed E-state index contributed by atoms with van der Waals surface area (Å²) in [5, 5.41) is 2.00. The Hall–Kier alpha value is -3.07. The van der Waals surface area contributed by atoms with Crippen LogP contribution >= 0.6 is 0 Å². The molecule has 1 aliphatic rings. The molecule has 0 N–H and O–H groups in total. The predicted octanol–water partition coefficient (Wildman–Crippen LogP) is 3.95. The molecular weight excluding hydrogens is 354 g/mol. The van der Waals surface area contributed by atoms with Crippen LogP contribution in [0.5, 0.6) is 0 Å². The van der Waals surface area contributed by atoms with Crippen molar-refractivity contribution in [2.24, 2.45) is 0 Å². The smallest absolute Gasteiger partial charge is 0.410 e. The summed E-state index contributed by atoms with van der Waals surface area (Å²) in [6.07, 6.45) is -0.333. The van der Waals surface area contributed by atoms with Crippen LogP contribution in [0, 0.1) is 6.57 Å². The van der Waals surface area contributed by atoms with Crippen LogP contribution in [0.3, 0.4) is 0 Å². The average molecular weight is 379 g/mol. The molecule has 2 amide bonds. The topological polar surface area (TPSA) is 54.2 Å². The number of piperazine rings is 1. The fourth-order valence-corrected chi connectivity index (χ4v) is 3.22. The van der Waals surface area contributed by atoms with Crippen LogP contribution in [0.2, 0.25) is 0 Å². The minimum atomic E-state index is -0.524. The van der Waals surface area contributed by atoms with Crippen molar-refractivity contribution in [1.82, 2.24) is 9.80 Å². The van der Waals surface area contributed by atoms with Gasteiger partial charge in [0, 0.05) is 37.3 Å². The van der Waals surface area contributed by atoms with Crippen LogP contribution in [0.15, 0.2) is 36.4 Å². The maximum Gasteiger partial charge on any atom is 0.410 e. The Labute approximate surface area is 165 Å². The Bertz CT molecular complexity index is 932. The molecule has 1 heterocycles. The van der Waals surface area contributed by atoms with Crippen molar-refractivity contribution in [2.45, 2.75) is 32.9 Å². The molecule has 0 atom stereocenters. The molecule has 0 aromatic heterocycles. The highest BCUT2D eigenvalue weighted by Crippen LogP contribution is 2.20. The van der Waals surface area contributed by atoms with Crippen molar-refractivity contribution >= 4 is 22.8 Å². The van der Waals surface area contributed by atoms with Crippen LogP contribution in [0.4, 0.5) is 4.79 Å². The van der Waals surface area contributed by atoms with Gasteiger partial charge in [-0.2, -0.15) is 0 Å². The third-order valence-electron chi connectivity index (χ3n) is 4.63. The van der Waals surface area contributed by atoms with Gasteiger partial charge in [0.25, 0.3) is 5.91 Å². The van der Waals surface area contributed by atoms with E-state index in [9.17, 15) is 9.59 Å². The van der Waals surface area contributed by atoms with E-state index in [0.29, 0.717) is 38.3 Å². The van der Waals surface area contributed by atoms with Gasteiger partial charge in [-0.15, -0.1) is 0 Å². The van der Waals surface area contributed by atoms with Crippen LogP contribution in [-0.2, 0) is 11.3 Å². The van der Waals surface area contributed by atoms with E-state index in [2.05, 4.69) is 4.85 Å². The van der Waals surface area contributed by atoms with Crippen LogP contribution < -0.4 is 0 Å². The summed E-state index contributed by atoms with van der Waals surface area (Å²) in [7, 11) is 0. The molecule has 0 saturated carbocycles. The number of hydrogen-bond acceptors (Lipinski definition) is 3. The zero-order valence-corrected chi connectivity index (χ0v) is 16.6. The third kappa shape index (κ3) is 4.61. The Morgan fingerprint density at radius 1 is 1.00 bits per heavy atom. The number of rotatable bonds is 2. The second-order valence-corrected chi connectivity index (χ2v) is 7.97. The Morgan fingerprint density at radius 2 is 1.61 bits per heavy atom. The molecule has 0 spiro atoms. The van der Waals surface area contributed by atoms with Gasteiger partial charge in [-0.25, -0.2) is 11.4 Å². The monoisotopic (exact) mass is 379 g/mol. The van der Waals surface area contributed by atoms with E-state index in [1.165, 1.54) is 0 Å². The first-order valence-electron chi connectivity index (χ1n) is 9.40. The van der Waals surface area contributed by atoms with E-state index in [1.54, 1.807) is 9.80 Å². The lowest BCUT2D eigenvalue weighted by Crippen LogP contribution is -2.51. The number of fused-ring (bicyclic) bond motifs is 1. The normalized spacial score (nSPS) is 14.6. The summed E-state index contributed by atoms with van der Waals surface area (Å²) in [4.78, 5) is 31.9. The molecule has 146 valence electrons. The fraction of sp³-hybridized carbons (Fsp3) is 0.409. The maximum atomic E-state index is 12.9. The van der Waals surface area contributed by atoms with E-state index in [1.807, 2.05) is 57.2 Å². The first-order valence-corrected chi connectivity index (χ1v) is 9.40. The van der Waals surface area contributed by atoms with E-state index in [-0.39, 0.29) is 12.0 Å². The van der Waals surface area contributed by atoms with Crippen molar-refractivity contribution in [3.63, 3.8) is 0 Å². The number of amides is 2. The van der Waals surface area contributed by atoms with E-state index < -0.39 is 5.60 Å². The van der Waals surface area contributed by atoms with Crippen molar-refractivity contribution in [1.29, 1.82) is 0 Å². The minimum absolute atomic E-state index is 0.0315. The Morgan fingerprint density at radius 3 is 2.25 bits per heavy atom. The van der Waals surface area contributed by atoms with Gasteiger partial charge in [0.05, 0.1) is 0 Å². The minimum Gasteiger partial charge on any atom is -0.444 e. The predicted molar refractivity (Wildman–Crippen MR) is 108 cm³/mol. The average Bonchev–Trinajstić information content (AvgIpc) is 2.66. The number of nitrogens with zero attached hydrogens (tertiary/aromatic N) is 3. The summed E-state index contributed by atoms with van der Waals surface area (Å²) in [6.45, 7) is 14.8. The van der Waals surface area contributed by atoms with Crippen LogP contribution in [-0.4, -0.2) is 53.6 Å². The number of carbonyl (C=O) groups excluding carboxylic acids is 2. The summed E-state index contributed by atoms with van der Waals surface area (Å²) in [5.74, 6) is -0.0315. The lowest BCUT2D eigenvalue weighted by Gasteiger charge is -2.35. The number of carbonyl (C=O) groups is 2. The molecule has 2 aromatic rings. The third-order valence-corrected chi connectivity index (χ3v) is 4.63. The SMILES string of the molecule is [C-]#[N+]Cc1ccc2cc(C(=O)N3CCN(C(=O)OC(C)(C)C)CC3)ccc2c1. The van der Waals surface area contributed by atoms with Crippen molar-refractivity contribution in [2.75, 3.05) is 26.2 Å². The summed E-state index contributed by atoms with van der Waals surface area (Å²) >= 11 is 0. The summed E-state index contributed by atoms with van der Waals surface area (Å²) in [6, 6.07) is 11.5. The van der Waals surface area contributed by atoms with Crippen molar-refractivity contribution in [3.05, 3.63) is 58.9 Å². The molecule has 1 aliphatic heterocycles. The molecule has 0 radical (unpaired) electrons. The molecule has 28 heavy (non-hydrogen) atoms. The quantitative estimate of drug-likeness (QED) is 0.743. The Kier molecular flexibility index (Phi) is 5.55. The fourth-order valence-electron chi connectivity index (χ4n) is 3.22. The van der Waals surface area contributed by atoms with Gasteiger partial charge < -0.3 is 19.4 Å². The second kappa shape index (κ2) is 7.89. The highest BCUT2D eigenvalue weighted by Gasteiger charge is 2.28. The van der Waals surface area contributed by atoms with Gasteiger partial charge in [0.2, 0.25) is 6.54 Å². The van der Waals surface area contributed by atoms with E-state index in [0.717, 1.165) is 16.3 Å². The summed E-state index contributed by atoms with van der Waals surface area (Å²) in [5.41, 5.74) is 1.08. The number of ether oxygens (including phenoxy) is 1. The lowest BCUT2D eigenvalue weighted by atomic mass is 10.0. The van der Waals surface area contributed by atoms with Crippen LogP contribution in [0.1, 0.15) is 36.7 Å². The van der Waals surface area contributed by atoms with Gasteiger partial charge >= 0.3 is 6.09 Å². The van der Waals surface area contributed by atoms with Gasteiger partial charge in [0.15, 0.2) is 0 Å². The largest absolute Gasteiger partial charge is 0.444 e. The van der Waals surface area contributed by atoms with Crippen molar-refractivity contribution in [3.8, 4) is 0 Å². The highest BCUT2D eigenvalue weighted by molar-refractivity contribution is 5.98. The molecule has 1 fully saturated rings. The van der Waals surface area contributed by atoms with E-state index in [4.69, 9.17) is 11.3 Å². The second-order valence-electron chi connectivity index (χ2n) is 7.97. The zero-order valence-electron chi connectivity index (χ0n) is 16.6. The Balaban J connectivity index is 1.66. The van der Waals surface area contributed by atoms with Crippen molar-refractivity contribution < 1.29 is 14.3 Å². The first-order chi connectivity index (χ1) is 13.3. The standard InChI is InChI=1S/C22H25N3O3/c1-22(2,3)28-21(27)25-11-9-24(10-12-25)20(26)19-8-7-17-13-16(15-23-4)5-6-18(17)14-19/h5-8,13-14H,9-12,15H2,1-3H3. The molecule has 0 unspecified atom stereocenters. The molecule has 1 saturated heterocycles. The first kappa shape index (κ1) is 19.7. The number of hydrogen-bond donors (Lipinski definition) is 0. The molecule has 6 nitrogen and oxygen atoms in total. The van der Waals surface area contributed by atoms with E-state index >= 15 is 0 Å². The molecule has 2 aromatic carbocycles. The van der Waals surface area contributed by atoms with Gasteiger partial charge in [0.1, 0.15) is 5.60 Å².